The first kappa shape index (κ1) is 15.6. The lowest BCUT2D eigenvalue weighted by atomic mass is 10.1. The predicted molar refractivity (Wildman–Crippen MR) is 92.0 cm³/mol. The molecule has 3 rings (SSSR count). The van der Waals surface area contributed by atoms with Crippen molar-refractivity contribution in [1.29, 1.82) is 0 Å². The van der Waals surface area contributed by atoms with Crippen LogP contribution in [0.25, 0.3) is 11.0 Å². The van der Waals surface area contributed by atoms with Crippen molar-refractivity contribution in [1.82, 2.24) is 0 Å². The summed E-state index contributed by atoms with van der Waals surface area (Å²) in [6, 6.07) is 13.6. The van der Waals surface area contributed by atoms with E-state index in [0.717, 1.165) is 10.9 Å². The van der Waals surface area contributed by atoms with Crippen molar-refractivity contribution in [3.05, 3.63) is 77.9 Å². The molecule has 1 aromatic heterocycles. The Hall–Kier alpha value is -3.34. The Balaban J connectivity index is 2.29. The Labute approximate surface area is 138 Å². The van der Waals surface area contributed by atoms with Crippen molar-refractivity contribution >= 4 is 22.6 Å². The third kappa shape index (κ3) is 3.05. The zero-order valence-corrected chi connectivity index (χ0v) is 12.9. The highest BCUT2D eigenvalue weighted by atomic mass is 16.3. The molecular weight excluding hydrogens is 304 g/mol. The van der Waals surface area contributed by atoms with E-state index in [1.54, 1.807) is 24.3 Å². The van der Waals surface area contributed by atoms with Crippen LogP contribution in [0.3, 0.4) is 0 Å². The van der Waals surface area contributed by atoms with Crippen LogP contribution >= 0.6 is 0 Å². The number of para-hydroxylation sites is 1. The van der Waals surface area contributed by atoms with E-state index in [2.05, 4.69) is 11.6 Å². The number of aromatic hydroxyl groups is 1. The molecule has 0 radical (unpaired) electrons. The summed E-state index contributed by atoms with van der Waals surface area (Å²) in [6.45, 7) is 3.74. The molecule has 0 aliphatic carbocycles. The van der Waals surface area contributed by atoms with Gasteiger partial charge in [0.25, 0.3) is 5.91 Å². The van der Waals surface area contributed by atoms with Gasteiger partial charge in [-0.1, -0.05) is 24.3 Å². The largest absolute Gasteiger partial charge is 0.508 e. The maximum atomic E-state index is 11.8. The molecule has 5 nitrogen and oxygen atoms in total. The molecule has 0 fully saturated rings. The number of primary amides is 1. The fourth-order valence-corrected chi connectivity index (χ4v) is 2.43. The third-order valence-electron chi connectivity index (χ3n) is 3.57. The minimum atomic E-state index is -0.618. The molecule has 0 atom stereocenters. The van der Waals surface area contributed by atoms with Crippen LogP contribution < -0.4 is 11.3 Å². The van der Waals surface area contributed by atoms with Gasteiger partial charge in [-0.3, -0.25) is 4.79 Å². The molecule has 0 unspecified atom stereocenters. The molecule has 0 aliphatic rings. The van der Waals surface area contributed by atoms with Crippen LogP contribution in [0.5, 0.6) is 5.75 Å². The number of rotatable bonds is 4. The lowest BCUT2D eigenvalue weighted by Crippen LogP contribution is -2.21. The van der Waals surface area contributed by atoms with Gasteiger partial charge in [0.1, 0.15) is 16.9 Å². The van der Waals surface area contributed by atoms with E-state index in [1.807, 2.05) is 18.2 Å². The molecule has 24 heavy (non-hydrogen) atoms. The monoisotopic (exact) mass is 320 g/mol. The van der Waals surface area contributed by atoms with Crippen LogP contribution in [0.2, 0.25) is 0 Å². The standard InChI is InChI=1S/C19H16N2O3/c1-2-4-12-5-3-6-13-11-16(18(20)23)19(24-17(12)13)21-14-7-9-15(22)10-8-14/h2-3,5-11,22H,1,4H2,(H2,20,23). The van der Waals surface area contributed by atoms with E-state index >= 15 is 0 Å². The van der Waals surface area contributed by atoms with Gasteiger partial charge in [-0.05, 0) is 42.3 Å². The van der Waals surface area contributed by atoms with Crippen LogP contribution in [-0.2, 0) is 6.42 Å². The van der Waals surface area contributed by atoms with Crippen LogP contribution in [0.4, 0.5) is 5.69 Å². The Bertz CT molecular complexity index is 986. The summed E-state index contributed by atoms with van der Waals surface area (Å²) in [5.74, 6) is -0.486. The van der Waals surface area contributed by atoms with E-state index in [1.165, 1.54) is 12.1 Å². The maximum absolute atomic E-state index is 11.8. The van der Waals surface area contributed by atoms with Gasteiger partial charge in [0.15, 0.2) is 0 Å². The number of allylic oxidation sites excluding steroid dienone is 1. The second-order valence-corrected chi connectivity index (χ2v) is 5.29. The molecule has 1 heterocycles. The molecular formula is C19H16N2O3. The summed E-state index contributed by atoms with van der Waals surface area (Å²) >= 11 is 0. The number of hydrogen-bond acceptors (Lipinski definition) is 4. The molecule has 0 spiro atoms. The van der Waals surface area contributed by atoms with Crippen molar-refractivity contribution in [3.8, 4) is 5.75 Å². The first-order valence-corrected chi connectivity index (χ1v) is 7.38. The van der Waals surface area contributed by atoms with Crippen LogP contribution in [0.1, 0.15) is 15.9 Å². The Morgan fingerprint density at radius 2 is 2.00 bits per heavy atom. The number of phenols is 1. The molecule has 1 amide bonds. The second-order valence-electron chi connectivity index (χ2n) is 5.29. The summed E-state index contributed by atoms with van der Waals surface area (Å²) in [5.41, 5.74) is 7.93. The fraction of sp³-hybridized carbons (Fsp3) is 0.0526. The number of nitrogens with two attached hydrogens (primary N) is 1. The molecule has 0 bridgehead atoms. The summed E-state index contributed by atoms with van der Waals surface area (Å²) in [5, 5.41) is 10.1. The summed E-state index contributed by atoms with van der Waals surface area (Å²) < 4.78 is 5.89. The van der Waals surface area contributed by atoms with Gasteiger partial charge in [0.2, 0.25) is 5.55 Å². The topological polar surface area (TPSA) is 88.8 Å². The minimum absolute atomic E-state index is 0.132. The Kier molecular flexibility index (Phi) is 4.16. The first-order valence-electron chi connectivity index (χ1n) is 7.38. The molecule has 0 saturated carbocycles. The van der Waals surface area contributed by atoms with Crippen molar-refractivity contribution < 1.29 is 14.3 Å². The molecule has 0 aliphatic heterocycles. The number of fused-ring (bicyclic) bond motifs is 1. The van der Waals surface area contributed by atoms with Gasteiger partial charge < -0.3 is 15.3 Å². The molecule has 5 heteroatoms. The quantitative estimate of drug-likeness (QED) is 0.723. The van der Waals surface area contributed by atoms with Crippen molar-refractivity contribution in [3.63, 3.8) is 0 Å². The summed E-state index contributed by atoms with van der Waals surface area (Å²) in [6.07, 6.45) is 2.42. The van der Waals surface area contributed by atoms with Gasteiger partial charge in [0, 0.05) is 5.39 Å². The van der Waals surface area contributed by atoms with E-state index in [9.17, 15) is 9.90 Å². The molecule has 3 N–H and O–H groups in total. The SMILES string of the molecule is C=CCc1cccc2cc(C(N)=O)c(=Nc3ccc(O)cc3)oc12. The van der Waals surface area contributed by atoms with Gasteiger partial charge in [-0.15, -0.1) is 6.58 Å². The van der Waals surface area contributed by atoms with Crippen molar-refractivity contribution in [2.24, 2.45) is 10.7 Å². The highest BCUT2D eigenvalue weighted by Gasteiger charge is 2.11. The highest BCUT2D eigenvalue weighted by Crippen LogP contribution is 2.20. The zero-order valence-electron chi connectivity index (χ0n) is 12.9. The minimum Gasteiger partial charge on any atom is -0.508 e. The average molecular weight is 320 g/mol. The van der Waals surface area contributed by atoms with Crippen LogP contribution in [0, 0.1) is 0 Å². The molecule has 120 valence electrons. The number of hydrogen-bond donors (Lipinski definition) is 2. The van der Waals surface area contributed by atoms with Crippen LogP contribution in [-0.4, -0.2) is 11.0 Å². The summed E-state index contributed by atoms with van der Waals surface area (Å²) in [4.78, 5) is 16.1. The smallest absolute Gasteiger partial charge is 0.254 e. The third-order valence-corrected chi connectivity index (χ3v) is 3.57. The molecule has 3 aromatic rings. The predicted octanol–water partition coefficient (Wildman–Crippen LogP) is 3.20. The summed E-state index contributed by atoms with van der Waals surface area (Å²) in [7, 11) is 0. The van der Waals surface area contributed by atoms with E-state index < -0.39 is 5.91 Å². The Morgan fingerprint density at radius 3 is 2.67 bits per heavy atom. The van der Waals surface area contributed by atoms with E-state index in [-0.39, 0.29) is 16.9 Å². The maximum Gasteiger partial charge on any atom is 0.254 e. The molecule has 0 saturated heterocycles. The second kappa shape index (κ2) is 6.42. The normalized spacial score (nSPS) is 11.6. The van der Waals surface area contributed by atoms with E-state index in [0.29, 0.717) is 17.7 Å². The van der Waals surface area contributed by atoms with Crippen molar-refractivity contribution in [2.45, 2.75) is 6.42 Å². The molecule has 2 aromatic carbocycles. The number of nitrogens with zero attached hydrogens (tertiary/aromatic N) is 1. The van der Waals surface area contributed by atoms with Crippen LogP contribution in [0.15, 0.2) is 70.6 Å². The number of carbonyl (C=O) groups excluding carboxylic acids is 1. The van der Waals surface area contributed by atoms with Gasteiger partial charge in [0.05, 0.1) is 5.69 Å². The number of phenolic OH excluding ortho intramolecular Hbond substituents is 1. The number of carbonyl (C=O) groups is 1. The lowest BCUT2D eigenvalue weighted by molar-refractivity contribution is 0.0996. The zero-order chi connectivity index (χ0) is 17.1. The number of amides is 1. The van der Waals surface area contributed by atoms with Gasteiger partial charge >= 0.3 is 0 Å². The Morgan fingerprint density at radius 1 is 1.25 bits per heavy atom. The number of benzene rings is 2. The highest BCUT2D eigenvalue weighted by molar-refractivity contribution is 5.95. The first-order chi connectivity index (χ1) is 11.6. The van der Waals surface area contributed by atoms with Crippen molar-refractivity contribution in [2.75, 3.05) is 0 Å². The fourth-order valence-electron chi connectivity index (χ4n) is 2.43. The lowest BCUT2D eigenvalue weighted by Gasteiger charge is -2.06. The van der Waals surface area contributed by atoms with Gasteiger partial charge in [-0.2, -0.15) is 0 Å². The van der Waals surface area contributed by atoms with E-state index in [4.69, 9.17) is 10.2 Å². The average Bonchev–Trinajstić information content (AvgIpc) is 2.57. The van der Waals surface area contributed by atoms with Gasteiger partial charge in [-0.25, -0.2) is 4.99 Å².